The highest BCUT2D eigenvalue weighted by molar-refractivity contribution is 8.11. The molecule has 0 aromatic carbocycles. The van der Waals surface area contributed by atoms with Crippen LogP contribution in [0, 0.1) is 11.3 Å². The average Bonchev–Trinajstić information content (AvgIpc) is 1.78. The first kappa shape index (κ1) is 11.3. The van der Waals surface area contributed by atoms with E-state index >= 15 is 0 Å². The van der Waals surface area contributed by atoms with Gasteiger partial charge in [-0.15, -0.1) is 12.6 Å². The molecule has 0 heterocycles. The molecule has 0 amide bonds. The zero-order valence-corrected chi connectivity index (χ0v) is 10.3. The molecule has 0 unspecified atom stereocenters. The zero-order chi connectivity index (χ0) is 10.1. The van der Waals surface area contributed by atoms with E-state index in [2.05, 4.69) is 38.7 Å². The van der Waals surface area contributed by atoms with Gasteiger partial charge in [-0.1, -0.05) is 33.0 Å². The maximum absolute atomic E-state index is 4.94. The van der Waals surface area contributed by atoms with Gasteiger partial charge in [0.25, 0.3) is 0 Å². The van der Waals surface area contributed by atoms with Crippen molar-refractivity contribution in [2.24, 2.45) is 11.3 Å². The van der Waals surface area contributed by atoms with Crippen LogP contribution in [0.3, 0.4) is 0 Å². The summed E-state index contributed by atoms with van der Waals surface area (Å²) in [5.41, 5.74) is 0.452. The molecule has 13 heavy (non-hydrogen) atoms. The van der Waals surface area contributed by atoms with E-state index in [0.29, 0.717) is 15.8 Å². The third-order valence-corrected chi connectivity index (χ3v) is 2.96. The third kappa shape index (κ3) is 3.86. The first-order valence-corrected chi connectivity index (χ1v) is 5.74. The summed E-state index contributed by atoms with van der Waals surface area (Å²) >= 11 is 9.06. The van der Waals surface area contributed by atoms with E-state index < -0.39 is 0 Å². The fraction of sp³-hybridized carbons (Fsp3) is 0.900. The largest absolute Gasteiger partial charge is 0.368 e. The predicted molar refractivity (Wildman–Crippen MR) is 65.3 cm³/mol. The minimum atomic E-state index is 0.452. The number of hydrogen-bond donors (Lipinski definition) is 2. The Morgan fingerprint density at radius 3 is 2.54 bits per heavy atom. The van der Waals surface area contributed by atoms with Crippen molar-refractivity contribution in [1.82, 2.24) is 5.32 Å². The van der Waals surface area contributed by atoms with Gasteiger partial charge < -0.3 is 5.32 Å². The highest BCUT2D eigenvalue weighted by atomic mass is 32.1. The molecule has 1 saturated carbocycles. The summed E-state index contributed by atoms with van der Waals surface area (Å²) in [7, 11) is 0. The van der Waals surface area contributed by atoms with Crippen molar-refractivity contribution < 1.29 is 0 Å². The Morgan fingerprint density at radius 2 is 2.08 bits per heavy atom. The lowest BCUT2D eigenvalue weighted by atomic mass is 9.71. The van der Waals surface area contributed by atoms with Crippen LogP contribution in [0.1, 0.15) is 40.0 Å². The molecule has 1 aliphatic rings. The molecular weight excluding hydrogens is 198 g/mol. The summed E-state index contributed by atoms with van der Waals surface area (Å²) < 4.78 is 0.634. The van der Waals surface area contributed by atoms with Crippen molar-refractivity contribution in [3.8, 4) is 0 Å². The Kier molecular flexibility index (Phi) is 3.64. The van der Waals surface area contributed by atoms with Crippen molar-refractivity contribution in [3.63, 3.8) is 0 Å². The van der Waals surface area contributed by atoms with E-state index in [-0.39, 0.29) is 0 Å². The molecule has 0 bridgehead atoms. The lowest BCUT2D eigenvalue weighted by Gasteiger charge is -2.39. The van der Waals surface area contributed by atoms with Crippen LogP contribution in [0.5, 0.6) is 0 Å². The van der Waals surface area contributed by atoms with Gasteiger partial charge in [-0.05, 0) is 30.6 Å². The standard InChI is InChI=1S/C10H19NS2/c1-7-4-8(11-9(12)13)6-10(2,3)5-7/h7-8H,4-6H2,1-3H3,(H2,11,12,13)/t7-,8-/m1/s1. The fourth-order valence-electron chi connectivity index (χ4n) is 2.63. The van der Waals surface area contributed by atoms with Gasteiger partial charge in [0.2, 0.25) is 0 Å². The minimum absolute atomic E-state index is 0.452. The number of rotatable bonds is 1. The van der Waals surface area contributed by atoms with E-state index in [4.69, 9.17) is 12.2 Å². The zero-order valence-electron chi connectivity index (χ0n) is 8.63. The average molecular weight is 217 g/mol. The summed E-state index contributed by atoms with van der Waals surface area (Å²) in [5, 5.41) is 3.26. The van der Waals surface area contributed by atoms with Crippen LogP contribution in [0.2, 0.25) is 0 Å². The van der Waals surface area contributed by atoms with Crippen LogP contribution in [0.4, 0.5) is 0 Å². The normalized spacial score (nSPS) is 32.6. The second-order valence-corrected chi connectivity index (χ2v) is 6.22. The van der Waals surface area contributed by atoms with E-state index in [0.717, 1.165) is 5.92 Å². The summed E-state index contributed by atoms with van der Waals surface area (Å²) in [6.45, 7) is 6.98. The molecule has 0 spiro atoms. The van der Waals surface area contributed by atoms with Crippen molar-refractivity contribution in [3.05, 3.63) is 0 Å². The summed E-state index contributed by atoms with van der Waals surface area (Å²) in [6, 6.07) is 0.531. The van der Waals surface area contributed by atoms with Crippen molar-refractivity contribution in [2.45, 2.75) is 46.1 Å². The molecule has 0 aliphatic heterocycles. The van der Waals surface area contributed by atoms with E-state index in [1.807, 2.05) is 0 Å². The summed E-state index contributed by atoms with van der Waals surface area (Å²) in [4.78, 5) is 0. The molecular formula is C10H19NS2. The summed E-state index contributed by atoms with van der Waals surface area (Å²) in [5.74, 6) is 0.795. The van der Waals surface area contributed by atoms with E-state index in [1.54, 1.807) is 0 Å². The fourth-order valence-corrected chi connectivity index (χ4v) is 2.98. The van der Waals surface area contributed by atoms with Crippen molar-refractivity contribution >= 4 is 29.2 Å². The van der Waals surface area contributed by atoms with E-state index in [1.165, 1.54) is 19.3 Å². The SMILES string of the molecule is C[C@@H]1C[C@@H](NC(=S)S)CC(C)(C)C1. The maximum atomic E-state index is 4.94. The highest BCUT2D eigenvalue weighted by Gasteiger charge is 2.31. The molecule has 2 atom stereocenters. The Balaban J connectivity index is 2.52. The minimum Gasteiger partial charge on any atom is -0.368 e. The Labute approximate surface area is 92.1 Å². The van der Waals surface area contributed by atoms with Gasteiger partial charge in [0.05, 0.1) is 0 Å². The van der Waals surface area contributed by atoms with Gasteiger partial charge in [-0.25, -0.2) is 0 Å². The van der Waals surface area contributed by atoms with Gasteiger partial charge in [0, 0.05) is 6.04 Å². The van der Waals surface area contributed by atoms with Crippen molar-refractivity contribution in [1.29, 1.82) is 0 Å². The number of thiocarbonyl (C=S) groups is 1. The van der Waals surface area contributed by atoms with Crippen molar-refractivity contribution in [2.75, 3.05) is 0 Å². The first-order valence-electron chi connectivity index (χ1n) is 4.88. The van der Waals surface area contributed by atoms with Gasteiger partial charge in [-0.2, -0.15) is 0 Å². The molecule has 1 rings (SSSR count). The van der Waals surface area contributed by atoms with Gasteiger partial charge in [-0.3, -0.25) is 0 Å². The molecule has 1 aliphatic carbocycles. The maximum Gasteiger partial charge on any atom is 0.130 e. The van der Waals surface area contributed by atoms with Crippen LogP contribution in [0.15, 0.2) is 0 Å². The lowest BCUT2D eigenvalue weighted by molar-refractivity contribution is 0.162. The highest BCUT2D eigenvalue weighted by Crippen LogP contribution is 2.38. The van der Waals surface area contributed by atoms with Crippen LogP contribution < -0.4 is 5.32 Å². The predicted octanol–water partition coefficient (Wildman–Crippen LogP) is 3.01. The third-order valence-electron chi connectivity index (χ3n) is 2.71. The van der Waals surface area contributed by atoms with E-state index in [9.17, 15) is 0 Å². The second kappa shape index (κ2) is 4.18. The molecule has 1 fully saturated rings. The lowest BCUT2D eigenvalue weighted by Crippen LogP contribution is -2.41. The monoisotopic (exact) mass is 217 g/mol. The molecule has 0 aromatic rings. The summed E-state index contributed by atoms with van der Waals surface area (Å²) in [6.07, 6.45) is 3.76. The number of thiol groups is 1. The second-order valence-electron chi connectivity index (χ2n) is 5.06. The molecule has 1 nitrogen and oxygen atoms in total. The van der Waals surface area contributed by atoms with Crippen LogP contribution in [-0.4, -0.2) is 10.4 Å². The topological polar surface area (TPSA) is 12.0 Å². The van der Waals surface area contributed by atoms with Gasteiger partial charge >= 0.3 is 0 Å². The smallest absolute Gasteiger partial charge is 0.130 e. The van der Waals surface area contributed by atoms with Crippen LogP contribution in [0.25, 0.3) is 0 Å². The van der Waals surface area contributed by atoms with Crippen LogP contribution in [-0.2, 0) is 0 Å². The van der Waals surface area contributed by atoms with Gasteiger partial charge in [0.15, 0.2) is 0 Å². The Morgan fingerprint density at radius 1 is 1.46 bits per heavy atom. The quantitative estimate of drug-likeness (QED) is 0.517. The molecule has 76 valence electrons. The first-order chi connectivity index (χ1) is 5.89. The number of hydrogen-bond acceptors (Lipinski definition) is 1. The molecule has 1 N–H and O–H groups in total. The molecule has 3 heteroatoms. The number of nitrogens with one attached hydrogen (secondary N) is 1. The molecule has 0 aromatic heterocycles. The molecule has 0 saturated heterocycles. The van der Waals surface area contributed by atoms with Crippen LogP contribution >= 0.6 is 24.8 Å². The Bertz CT molecular complexity index is 201. The molecule has 0 radical (unpaired) electrons. The van der Waals surface area contributed by atoms with Gasteiger partial charge in [0.1, 0.15) is 4.32 Å². The Hall–Kier alpha value is 0.240.